The molecule has 8 nitrogen and oxygen atoms in total. The van der Waals surface area contributed by atoms with Crippen molar-refractivity contribution in [2.24, 2.45) is 0 Å². The molecule has 30 heavy (non-hydrogen) atoms. The molecule has 0 bridgehead atoms. The molecule has 1 N–H and O–H groups in total. The second-order valence-corrected chi connectivity index (χ2v) is 7.24. The number of nitro benzene ring substituents is 1. The Morgan fingerprint density at radius 2 is 1.93 bits per heavy atom. The maximum atomic E-state index is 12.6. The van der Waals surface area contributed by atoms with E-state index in [-0.39, 0.29) is 24.0 Å². The molecule has 1 saturated heterocycles. The van der Waals surface area contributed by atoms with Crippen LogP contribution in [-0.4, -0.2) is 27.9 Å². The van der Waals surface area contributed by atoms with Crippen LogP contribution in [0.4, 0.5) is 10.5 Å². The fourth-order valence-corrected chi connectivity index (χ4v) is 3.02. The van der Waals surface area contributed by atoms with E-state index in [1.54, 1.807) is 18.2 Å². The number of nitrogens with one attached hydrogen (secondary N) is 1. The summed E-state index contributed by atoms with van der Waals surface area (Å²) in [7, 11) is 0. The van der Waals surface area contributed by atoms with Gasteiger partial charge < -0.3 is 10.1 Å². The molecule has 9 heteroatoms. The van der Waals surface area contributed by atoms with Crippen molar-refractivity contribution in [1.29, 1.82) is 0 Å². The lowest BCUT2D eigenvalue weighted by Crippen LogP contribution is -2.30. The summed E-state index contributed by atoms with van der Waals surface area (Å²) in [6, 6.07) is 10.2. The van der Waals surface area contributed by atoms with Crippen molar-refractivity contribution in [3.63, 3.8) is 0 Å². The van der Waals surface area contributed by atoms with E-state index in [2.05, 4.69) is 5.32 Å². The van der Waals surface area contributed by atoms with Crippen molar-refractivity contribution in [2.45, 2.75) is 32.9 Å². The number of carbonyl (C=O) groups excluding carboxylic acids is 2. The van der Waals surface area contributed by atoms with Gasteiger partial charge in [-0.1, -0.05) is 36.7 Å². The Bertz CT molecular complexity index is 1020. The number of rotatable bonds is 7. The quantitative estimate of drug-likeness (QED) is 0.302. The lowest BCUT2D eigenvalue weighted by Gasteiger charge is -2.14. The van der Waals surface area contributed by atoms with Crippen LogP contribution < -0.4 is 10.1 Å². The second-order valence-electron chi connectivity index (χ2n) is 6.83. The molecular weight excluding hydrogens is 410 g/mol. The van der Waals surface area contributed by atoms with E-state index in [0.29, 0.717) is 21.9 Å². The molecule has 1 heterocycles. The van der Waals surface area contributed by atoms with Crippen molar-refractivity contribution >= 4 is 35.3 Å². The fraction of sp³-hybridized carbons (Fsp3) is 0.238. The zero-order chi connectivity index (χ0) is 21.8. The first-order valence-electron chi connectivity index (χ1n) is 9.32. The molecule has 0 spiro atoms. The lowest BCUT2D eigenvalue weighted by molar-refractivity contribution is -0.384. The number of hydrogen-bond donors (Lipinski definition) is 1. The molecule has 1 fully saturated rings. The van der Waals surface area contributed by atoms with Crippen molar-refractivity contribution in [3.05, 3.63) is 74.4 Å². The fourth-order valence-electron chi connectivity index (χ4n) is 2.79. The van der Waals surface area contributed by atoms with Crippen LogP contribution >= 0.6 is 11.6 Å². The highest BCUT2D eigenvalue weighted by molar-refractivity contribution is 6.32. The number of urea groups is 1. The highest BCUT2D eigenvalue weighted by Gasteiger charge is 2.33. The molecule has 3 amide bonds. The Labute approximate surface area is 178 Å². The normalized spacial score (nSPS) is 16.0. The van der Waals surface area contributed by atoms with Crippen LogP contribution in [0.25, 0.3) is 6.08 Å². The third-order valence-corrected chi connectivity index (χ3v) is 4.92. The molecule has 0 aromatic heterocycles. The number of ether oxygens (including phenoxy) is 1. The largest absolute Gasteiger partial charge is 0.489 e. The van der Waals surface area contributed by atoms with Crippen LogP contribution in [0.2, 0.25) is 5.02 Å². The molecule has 156 valence electrons. The molecule has 1 aliphatic heterocycles. The number of imide groups is 1. The van der Waals surface area contributed by atoms with Gasteiger partial charge in [-0.25, -0.2) is 4.79 Å². The molecule has 1 atom stereocenters. The zero-order valence-electron chi connectivity index (χ0n) is 16.4. The van der Waals surface area contributed by atoms with Crippen molar-refractivity contribution in [2.75, 3.05) is 0 Å². The topological polar surface area (TPSA) is 102 Å². The van der Waals surface area contributed by atoms with Gasteiger partial charge in [0, 0.05) is 12.1 Å². The van der Waals surface area contributed by atoms with Crippen molar-refractivity contribution in [3.8, 4) is 5.75 Å². The molecule has 2 aromatic carbocycles. The Morgan fingerprint density at radius 3 is 2.53 bits per heavy atom. The van der Waals surface area contributed by atoms with Gasteiger partial charge in [0.1, 0.15) is 11.4 Å². The van der Waals surface area contributed by atoms with Gasteiger partial charge in [0.15, 0.2) is 0 Å². The van der Waals surface area contributed by atoms with Crippen LogP contribution in [0.1, 0.15) is 31.4 Å². The summed E-state index contributed by atoms with van der Waals surface area (Å²) in [4.78, 5) is 36.2. The number of carbonyl (C=O) groups is 2. The Morgan fingerprint density at radius 1 is 1.23 bits per heavy atom. The van der Waals surface area contributed by atoms with E-state index in [0.717, 1.165) is 11.3 Å². The van der Waals surface area contributed by atoms with Crippen molar-refractivity contribution in [1.82, 2.24) is 10.2 Å². The number of halogens is 1. The summed E-state index contributed by atoms with van der Waals surface area (Å²) in [5.74, 6) is 0.0594. The lowest BCUT2D eigenvalue weighted by atomic mass is 10.1. The number of nitrogens with zero attached hydrogens (tertiary/aromatic N) is 2. The number of nitro groups is 1. The van der Waals surface area contributed by atoms with E-state index in [1.165, 1.54) is 30.3 Å². The molecule has 2 aromatic rings. The van der Waals surface area contributed by atoms with Crippen LogP contribution in [0, 0.1) is 10.1 Å². The molecule has 0 unspecified atom stereocenters. The summed E-state index contributed by atoms with van der Waals surface area (Å²) in [6.45, 7) is 3.95. The van der Waals surface area contributed by atoms with Crippen LogP contribution in [0.15, 0.2) is 48.2 Å². The monoisotopic (exact) mass is 429 g/mol. The highest BCUT2D eigenvalue weighted by atomic mass is 35.5. The molecule has 1 aliphatic rings. The van der Waals surface area contributed by atoms with Gasteiger partial charge >= 0.3 is 6.03 Å². The minimum absolute atomic E-state index is 0.00242. The van der Waals surface area contributed by atoms with E-state index in [1.807, 2.05) is 13.8 Å². The third-order valence-electron chi connectivity index (χ3n) is 4.62. The van der Waals surface area contributed by atoms with E-state index in [9.17, 15) is 19.7 Å². The van der Waals surface area contributed by atoms with Gasteiger partial charge in [-0.2, -0.15) is 0 Å². The maximum absolute atomic E-state index is 12.6. The maximum Gasteiger partial charge on any atom is 0.329 e. The predicted molar refractivity (Wildman–Crippen MR) is 112 cm³/mol. The first-order valence-corrected chi connectivity index (χ1v) is 9.70. The summed E-state index contributed by atoms with van der Waals surface area (Å²) >= 11 is 6.27. The Hall–Kier alpha value is -3.39. The molecule has 0 radical (unpaired) electrons. The van der Waals surface area contributed by atoms with Gasteiger partial charge in [-0.05, 0) is 42.7 Å². The van der Waals surface area contributed by atoms with Crippen LogP contribution in [-0.2, 0) is 11.3 Å². The van der Waals surface area contributed by atoms with Crippen LogP contribution in [0.5, 0.6) is 5.75 Å². The minimum Gasteiger partial charge on any atom is -0.489 e. The number of hydrogen-bond acceptors (Lipinski definition) is 5. The minimum atomic E-state index is -0.563. The molecule has 0 saturated carbocycles. The smallest absolute Gasteiger partial charge is 0.329 e. The predicted octanol–water partition coefficient (Wildman–Crippen LogP) is 4.52. The van der Waals surface area contributed by atoms with Gasteiger partial charge in [-0.3, -0.25) is 19.8 Å². The average Bonchev–Trinajstić information content (AvgIpc) is 2.97. The van der Waals surface area contributed by atoms with E-state index in [4.69, 9.17) is 16.3 Å². The summed E-state index contributed by atoms with van der Waals surface area (Å²) in [5, 5.41) is 13.7. The molecule has 3 rings (SSSR count). The Kier molecular flexibility index (Phi) is 6.37. The zero-order valence-corrected chi connectivity index (χ0v) is 17.2. The first-order chi connectivity index (χ1) is 14.3. The van der Waals surface area contributed by atoms with Gasteiger partial charge in [0.2, 0.25) is 0 Å². The number of benzene rings is 2. The highest BCUT2D eigenvalue weighted by Crippen LogP contribution is 2.28. The van der Waals surface area contributed by atoms with E-state index < -0.39 is 16.9 Å². The first kappa shape index (κ1) is 21.3. The number of non-ortho nitro benzene ring substituents is 1. The molecule has 0 aliphatic carbocycles. The number of amides is 3. The van der Waals surface area contributed by atoms with Gasteiger partial charge in [-0.15, -0.1) is 0 Å². The van der Waals surface area contributed by atoms with Crippen molar-refractivity contribution < 1.29 is 19.2 Å². The van der Waals surface area contributed by atoms with Gasteiger partial charge in [0.25, 0.3) is 11.6 Å². The van der Waals surface area contributed by atoms with E-state index >= 15 is 0 Å². The standard InChI is InChI=1S/C21H20ClN3O5/c1-3-13(2)30-19-9-6-15(10-17(19)22)11-18-20(26)24(21(27)23-18)12-14-4-7-16(8-5-14)25(28)29/h4-11,13H,3,12H2,1-2H3,(H,23,27)/b18-11-/t13-/m1/s1. The average molecular weight is 430 g/mol. The SMILES string of the molecule is CC[C@@H](C)Oc1ccc(/C=C2\NC(=O)N(Cc3ccc([N+](=O)[O-])cc3)C2=O)cc1Cl. The molecular formula is C21H20ClN3O5. The summed E-state index contributed by atoms with van der Waals surface area (Å²) in [6.07, 6.45) is 2.40. The summed E-state index contributed by atoms with van der Waals surface area (Å²) in [5.41, 5.74) is 1.29. The summed E-state index contributed by atoms with van der Waals surface area (Å²) < 4.78 is 5.72. The Balaban J connectivity index is 1.74. The van der Waals surface area contributed by atoms with Crippen LogP contribution in [0.3, 0.4) is 0 Å². The third kappa shape index (κ3) is 4.77. The second kappa shape index (κ2) is 8.96. The van der Waals surface area contributed by atoms with Gasteiger partial charge in [0.05, 0.1) is 22.6 Å².